The Labute approximate surface area is 110 Å². The molecule has 0 aromatic heterocycles. The number of ether oxygens (including phenoxy) is 1. The van der Waals surface area contributed by atoms with Crippen molar-refractivity contribution in [1.29, 1.82) is 0 Å². The van der Waals surface area contributed by atoms with Crippen LogP contribution in [0.25, 0.3) is 0 Å². The van der Waals surface area contributed by atoms with Gasteiger partial charge >= 0.3 is 5.97 Å². The average molecular weight is 258 g/mol. The number of carboxylic acid groups (broad SMARTS) is 1. The summed E-state index contributed by atoms with van der Waals surface area (Å²) in [6, 6.07) is 11.5. The minimum atomic E-state index is -0.984. The first-order chi connectivity index (χ1) is 9.06. The molecule has 0 aliphatic heterocycles. The number of phenols is 1. The molecular weight excluding hydrogens is 244 g/mol. The third-order valence-corrected chi connectivity index (χ3v) is 2.74. The van der Waals surface area contributed by atoms with Crippen LogP contribution < -0.4 is 4.74 Å². The van der Waals surface area contributed by atoms with Gasteiger partial charge in [0.05, 0.1) is 5.56 Å². The van der Waals surface area contributed by atoms with Crippen molar-refractivity contribution >= 4 is 5.97 Å². The number of rotatable bonds is 4. The highest BCUT2D eigenvalue weighted by Crippen LogP contribution is 2.21. The zero-order chi connectivity index (χ0) is 13.8. The number of hydrogen-bond acceptors (Lipinski definition) is 3. The molecule has 0 heterocycles. The van der Waals surface area contributed by atoms with Crippen molar-refractivity contribution in [2.24, 2.45) is 0 Å². The van der Waals surface area contributed by atoms with E-state index in [0.717, 1.165) is 11.1 Å². The van der Waals surface area contributed by atoms with Crippen molar-refractivity contribution in [2.75, 3.05) is 0 Å². The predicted molar refractivity (Wildman–Crippen MR) is 70.6 cm³/mol. The van der Waals surface area contributed by atoms with Crippen LogP contribution in [0.5, 0.6) is 11.5 Å². The zero-order valence-electron chi connectivity index (χ0n) is 10.5. The molecule has 0 saturated carbocycles. The van der Waals surface area contributed by atoms with Crippen LogP contribution in [0, 0.1) is 6.92 Å². The summed E-state index contributed by atoms with van der Waals surface area (Å²) in [4.78, 5) is 10.9. The summed E-state index contributed by atoms with van der Waals surface area (Å²) in [5, 5.41) is 18.3. The Bertz CT molecular complexity index is 605. The molecule has 0 bridgehead atoms. The van der Waals surface area contributed by atoms with Gasteiger partial charge in [0.1, 0.15) is 18.1 Å². The maximum absolute atomic E-state index is 10.9. The number of hydrogen-bond donors (Lipinski definition) is 2. The molecule has 0 unspecified atom stereocenters. The van der Waals surface area contributed by atoms with Gasteiger partial charge in [0.15, 0.2) is 0 Å². The fourth-order valence-corrected chi connectivity index (χ4v) is 1.70. The van der Waals surface area contributed by atoms with Crippen molar-refractivity contribution < 1.29 is 19.7 Å². The van der Waals surface area contributed by atoms with Crippen LogP contribution in [0.15, 0.2) is 42.5 Å². The van der Waals surface area contributed by atoms with E-state index >= 15 is 0 Å². The van der Waals surface area contributed by atoms with E-state index in [2.05, 4.69) is 0 Å². The van der Waals surface area contributed by atoms with Crippen LogP contribution in [-0.4, -0.2) is 16.2 Å². The van der Waals surface area contributed by atoms with Gasteiger partial charge < -0.3 is 14.9 Å². The summed E-state index contributed by atoms with van der Waals surface area (Å²) in [5.41, 5.74) is 1.88. The lowest BCUT2D eigenvalue weighted by Crippen LogP contribution is -2.01. The monoisotopic (exact) mass is 258 g/mol. The van der Waals surface area contributed by atoms with Gasteiger partial charge in [-0.15, -0.1) is 0 Å². The molecule has 0 atom stereocenters. The second-order valence-corrected chi connectivity index (χ2v) is 4.24. The second-order valence-electron chi connectivity index (χ2n) is 4.24. The van der Waals surface area contributed by atoms with Gasteiger partial charge in [0.25, 0.3) is 0 Å². The van der Waals surface area contributed by atoms with Crippen LogP contribution in [0.4, 0.5) is 0 Å². The number of aromatic carboxylic acids is 1. The van der Waals surface area contributed by atoms with E-state index in [-0.39, 0.29) is 17.9 Å². The maximum Gasteiger partial charge on any atom is 0.335 e. The van der Waals surface area contributed by atoms with Crippen LogP contribution in [0.1, 0.15) is 21.5 Å². The molecule has 0 saturated heterocycles. The highest BCUT2D eigenvalue weighted by atomic mass is 16.5. The van der Waals surface area contributed by atoms with Crippen LogP contribution >= 0.6 is 0 Å². The summed E-state index contributed by atoms with van der Waals surface area (Å²) < 4.78 is 5.59. The van der Waals surface area contributed by atoms with E-state index in [1.807, 2.05) is 13.0 Å². The van der Waals surface area contributed by atoms with Gasteiger partial charge in [-0.3, -0.25) is 0 Å². The van der Waals surface area contributed by atoms with E-state index in [1.54, 1.807) is 30.3 Å². The molecule has 2 N–H and O–H groups in total. The highest BCUT2D eigenvalue weighted by Gasteiger charge is 2.07. The zero-order valence-corrected chi connectivity index (χ0v) is 10.5. The highest BCUT2D eigenvalue weighted by molar-refractivity contribution is 5.88. The fraction of sp³-hybridized carbons (Fsp3) is 0.133. The van der Waals surface area contributed by atoms with E-state index in [9.17, 15) is 9.90 Å². The minimum Gasteiger partial charge on any atom is -0.508 e. The number of aromatic hydroxyl groups is 1. The smallest absolute Gasteiger partial charge is 0.335 e. The molecule has 0 spiro atoms. The van der Waals surface area contributed by atoms with E-state index in [1.165, 1.54) is 6.07 Å². The Morgan fingerprint density at radius 2 is 2.00 bits per heavy atom. The quantitative estimate of drug-likeness (QED) is 0.884. The fourth-order valence-electron chi connectivity index (χ4n) is 1.70. The summed E-state index contributed by atoms with van der Waals surface area (Å²) in [6.45, 7) is 2.13. The van der Waals surface area contributed by atoms with Crippen molar-refractivity contribution in [1.82, 2.24) is 0 Å². The first-order valence-electron chi connectivity index (χ1n) is 5.81. The molecule has 0 fully saturated rings. The Balaban J connectivity index is 2.15. The van der Waals surface area contributed by atoms with Crippen LogP contribution in [0.3, 0.4) is 0 Å². The molecule has 0 aliphatic carbocycles. The van der Waals surface area contributed by atoms with Gasteiger partial charge in [0.2, 0.25) is 0 Å². The number of benzene rings is 2. The molecule has 19 heavy (non-hydrogen) atoms. The van der Waals surface area contributed by atoms with Crippen LogP contribution in [0.2, 0.25) is 0 Å². The minimum absolute atomic E-state index is 0.178. The summed E-state index contributed by atoms with van der Waals surface area (Å²) in [7, 11) is 0. The van der Waals surface area contributed by atoms with Gasteiger partial charge in [-0.25, -0.2) is 4.79 Å². The molecule has 0 aliphatic rings. The van der Waals surface area contributed by atoms with E-state index in [0.29, 0.717) is 5.75 Å². The topological polar surface area (TPSA) is 66.8 Å². The first-order valence-corrected chi connectivity index (χ1v) is 5.81. The van der Waals surface area contributed by atoms with Gasteiger partial charge in [-0.2, -0.15) is 0 Å². The Hall–Kier alpha value is -2.49. The van der Waals surface area contributed by atoms with Gasteiger partial charge in [-0.05, 0) is 42.3 Å². The number of carbonyl (C=O) groups is 1. The van der Waals surface area contributed by atoms with Gasteiger partial charge in [-0.1, -0.05) is 18.2 Å². The first kappa shape index (κ1) is 13.0. The normalized spacial score (nSPS) is 10.2. The lowest BCUT2D eigenvalue weighted by atomic mass is 10.1. The van der Waals surface area contributed by atoms with E-state index in [4.69, 9.17) is 9.84 Å². The molecule has 0 radical (unpaired) electrons. The van der Waals surface area contributed by atoms with Crippen molar-refractivity contribution in [3.63, 3.8) is 0 Å². The predicted octanol–water partition coefficient (Wildman–Crippen LogP) is 2.98. The van der Waals surface area contributed by atoms with Gasteiger partial charge in [0, 0.05) is 0 Å². The lowest BCUT2D eigenvalue weighted by Gasteiger charge is -2.10. The van der Waals surface area contributed by atoms with Crippen molar-refractivity contribution in [2.45, 2.75) is 13.5 Å². The van der Waals surface area contributed by atoms with Crippen molar-refractivity contribution in [3.8, 4) is 11.5 Å². The second kappa shape index (κ2) is 5.44. The summed E-state index contributed by atoms with van der Waals surface area (Å²) in [5.74, 6) is -0.275. The molecule has 2 aromatic carbocycles. The van der Waals surface area contributed by atoms with Crippen LogP contribution in [-0.2, 0) is 6.61 Å². The number of carboxylic acids is 1. The summed E-state index contributed by atoms with van der Waals surface area (Å²) >= 11 is 0. The van der Waals surface area contributed by atoms with E-state index < -0.39 is 5.97 Å². The molecule has 2 rings (SSSR count). The molecule has 4 nitrogen and oxygen atoms in total. The number of aryl methyl sites for hydroxylation is 1. The third kappa shape index (κ3) is 3.25. The van der Waals surface area contributed by atoms with Crippen molar-refractivity contribution in [3.05, 3.63) is 59.2 Å². The average Bonchev–Trinajstić information content (AvgIpc) is 2.37. The SMILES string of the molecule is Cc1ccc(C(=O)O)cc1OCc1cccc(O)c1. The molecule has 2 aromatic rings. The molecule has 4 heteroatoms. The molecular formula is C15H14O4. The Morgan fingerprint density at radius 1 is 1.21 bits per heavy atom. The Kier molecular flexibility index (Phi) is 3.71. The Morgan fingerprint density at radius 3 is 2.68 bits per heavy atom. The largest absolute Gasteiger partial charge is 0.508 e. The third-order valence-electron chi connectivity index (χ3n) is 2.74. The number of phenolic OH excluding ortho intramolecular Hbond substituents is 1. The maximum atomic E-state index is 10.9. The molecule has 98 valence electrons. The summed E-state index contributed by atoms with van der Waals surface area (Å²) in [6.07, 6.45) is 0. The lowest BCUT2D eigenvalue weighted by molar-refractivity contribution is 0.0696. The molecule has 0 amide bonds. The standard InChI is InChI=1S/C15H14O4/c1-10-5-6-12(15(17)18)8-14(10)19-9-11-3-2-4-13(16)7-11/h2-8,16H,9H2,1H3,(H,17,18).